The van der Waals surface area contributed by atoms with Gasteiger partial charge in [0.15, 0.2) is 0 Å². The summed E-state index contributed by atoms with van der Waals surface area (Å²) in [7, 11) is 0. The van der Waals surface area contributed by atoms with E-state index >= 15 is 0 Å². The minimum atomic E-state index is 0.0679. The van der Waals surface area contributed by atoms with Crippen LogP contribution in [0.25, 0.3) is 10.2 Å². The largest absolute Gasteiger partial charge is 0.378 e. The average molecular weight is 397 g/mol. The summed E-state index contributed by atoms with van der Waals surface area (Å²) in [6.45, 7) is 3.75. The fraction of sp³-hybridized carbons (Fsp3) is 0.381. The summed E-state index contributed by atoms with van der Waals surface area (Å²) in [6.07, 6.45) is 3.99. The third-order valence-electron chi connectivity index (χ3n) is 4.77. The topological polar surface area (TPSA) is 67.4 Å². The van der Waals surface area contributed by atoms with Crippen LogP contribution in [-0.2, 0) is 22.5 Å². The molecule has 0 radical (unpaired) electrons. The first-order chi connectivity index (χ1) is 13.8. The van der Waals surface area contributed by atoms with E-state index in [2.05, 4.69) is 26.3 Å². The SMILES string of the molecule is O=C(CCCc1nc2ccccc2s1)NCc1ccc(N2CCOCC2)nc1. The second kappa shape index (κ2) is 9.12. The van der Waals surface area contributed by atoms with Gasteiger partial charge in [-0.05, 0) is 36.6 Å². The van der Waals surface area contributed by atoms with E-state index in [-0.39, 0.29) is 5.91 Å². The number of morpholine rings is 1. The molecule has 146 valence electrons. The Morgan fingerprint density at radius 3 is 2.82 bits per heavy atom. The predicted octanol–water partition coefficient (Wildman–Crippen LogP) is 3.17. The van der Waals surface area contributed by atoms with Crippen molar-refractivity contribution in [1.82, 2.24) is 15.3 Å². The normalized spacial score (nSPS) is 14.4. The highest BCUT2D eigenvalue weighted by Gasteiger charge is 2.12. The first-order valence-electron chi connectivity index (χ1n) is 9.67. The molecule has 1 aromatic carbocycles. The molecule has 0 bridgehead atoms. The summed E-state index contributed by atoms with van der Waals surface area (Å²) < 4.78 is 6.57. The molecule has 1 amide bonds. The van der Waals surface area contributed by atoms with Gasteiger partial charge in [-0.2, -0.15) is 0 Å². The summed E-state index contributed by atoms with van der Waals surface area (Å²) in [5.74, 6) is 1.03. The minimum Gasteiger partial charge on any atom is -0.378 e. The van der Waals surface area contributed by atoms with Gasteiger partial charge in [0.1, 0.15) is 5.82 Å². The van der Waals surface area contributed by atoms with Gasteiger partial charge in [0.25, 0.3) is 0 Å². The molecular formula is C21H24N4O2S. The van der Waals surface area contributed by atoms with E-state index in [9.17, 15) is 4.79 Å². The molecule has 1 N–H and O–H groups in total. The van der Waals surface area contributed by atoms with Crippen molar-refractivity contribution in [1.29, 1.82) is 0 Å². The van der Waals surface area contributed by atoms with E-state index in [0.29, 0.717) is 13.0 Å². The minimum absolute atomic E-state index is 0.0679. The smallest absolute Gasteiger partial charge is 0.220 e. The molecule has 0 atom stereocenters. The molecule has 0 aliphatic carbocycles. The number of anilines is 1. The molecule has 0 unspecified atom stereocenters. The van der Waals surface area contributed by atoms with Crippen molar-refractivity contribution in [3.63, 3.8) is 0 Å². The third kappa shape index (κ3) is 4.85. The van der Waals surface area contributed by atoms with Crippen molar-refractivity contribution in [2.45, 2.75) is 25.8 Å². The van der Waals surface area contributed by atoms with Gasteiger partial charge in [0.2, 0.25) is 5.91 Å². The second-order valence-corrected chi connectivity index (χ2v) is 7.94. The number of nitrogens with one attached hydrogen (secondary N) is 1. The molecule has 6 nitrogen and oxygen atoms in total. The van der Waals surface area contributed by atoms with E-state index in [1.807, 2.05) is 36.5 Å². The van der Waals surface area contributed by atoms with Crippen molar-refractivity contribution >= 4 is 33.3 Å². The molecule has 1 fully saturated rings. The lowest BCUT2D eigenvalue weighted by atomic mass is 10.2. The Morgan fingerprint density at radius 1 is 1.18 bits per heavy atom. The summed E-state index contributed by atoms with van der Waals surface area (Å²) >= 11 is 1.71. The van der Waals surface area contributed by atoms with Gasteiger partial charge in [-0.3, -0.25) is 4.79 Å². The van der Waals surface area contributed by atoms with Crippen LogP contribution >= 0.6 is 11.3 Å². The van der Waals surface area contributed by atoms with E-state index in [1.165, 1.54) is 4.70 Å². The van der Waals surface area contributed by atoms with Crippen LogP contribution in [0.2, 0.25) is 0 Å². The number of hydrogen-bond donors (Lipinski definition) is 1. The maximum Gasteiger partial charge on any atom is 0.220 e. The van der Waals surface area contributed by atoms with Gasteiger partial charge in [0, 0.05) is 32.3 Å². The van der Waals surface area contributed by atoms with Crippen LogP contribution in [0.4, 0.5) is 5.82 Å². The fourth-order valence-corrected chi connectivity index (χ4v) is 4.23. The van der Waals surface area contributed by atoms with Gasteiger partial charge in [0.05, 0.1) is 28.4 Å². The number of carbonyl (C=O) groups is 1. The number of thiazole rings is 1. The maximum absolute atomic E-state index is 12.1. The highest BCUT2D eigenvalue weighted by Crippen LogP contribution is 2.22. The van der Waals surface area contributed by atoms with Crippen LogP contribution in [0.15, 0.2) is 42.6 Å². The summed E-state index contributed by atoms with van der Waals surface area (Å²) in [4.78, 5) is 23.5. The number of aryl methyl sites for hydroxylation is 1. The number of fused-ring (bicyclic) bond motifs is 1. The zero-order valence-corrected chi connectivity index (χ0v) is 16.6. The van der Waals surface area contributed by atoms with Crippen molar-refractivity contribution in [2.24, 2.45) is 0 Å². The fourth-order valence-electron chi connectivity index (χ4n) is 3.22. The standard InChI is InChI=1S/C21H24N4O2S/c26-20(6-3-7-21-24-17-4-1-2-5-18(17)28-21)23-15-16-8-9-19(22-14-16)25-10-12-27-13-11-25/h1-2,4-5,8-9,14H,3,6-7,10-13,15H2,(H,23,26). The number of rotatable bonds is 7. The van der Waals surface area contributed by atoms with Gasteiger partial charge in [-0.1, -0.05) is 18.2 Å². The Labute approximate surface area is 168 Å². The molecule has 3 aromatic rings. The predicted molar refractivity (Wildman–Crippen MR) is 112 cm³/mol. The number of para-hydroxylation sites is 1. The van der Waals surface area contributed by atoms with E-state index in [0.717, 1.165) is 61.1 Å². The quantitative estimate of drug-likeness (QED) is 0.664. The zero-order valence-electron chi connectivity index (χ0n) is 15.8. The number of benzene rings is 1. The molecule has 0 saturated carbocycles. The van der Waals surface area contributed by atoms with Crippen LogP contribution < -0.4 is 10.2 Å². The molecule has 4 rings (SSSR count). The van der Waals surface area contributed by atoms with Gasteiger partial charge in [-0.15, -0.1) is 11.3 Å². The molecule has 3 heterocycles. The lowest BCUT2D eigenvalue weighted by molar-refractivity contribution is -0.121. The van der Waals surface area contributed by atoms with Crippen LogP contribution in [0, 0.1) is 0 Å². The highest BCUT2D eigenvalue weighted by atomic mass is 32.1. The Bertz CT molecular complexity index is 887. The summed E-state index contributed by atoms with van der Waals surface area (Å²) in [5, 5.41) is 4.08. The lowest BCUT2D eigenvalue weighted by Crippen LogP contribution is -2.36. The Kier molecular flexibility index (Phi) is 6.14. The van der Waals surface area contributed by atoms with E-state index in [4.69, 9.17) is 4.74 Å². The molecule has 28 heavy (non-hydrogen) atoms. The number of aromatic nitrogens is 2. The number of pyridine rings is 1. The van der Waals surface area contributed by atoms with E-state index < -0.39 is 0 Å². The molecule has 0 spiro atoms. The van der Waals surface area contributed by atoms with Crippen molar-refractivity contribution in [3.8, 4) is 0 Å². The lowest BCUT2D eigenvalue weighted by Gasteiger charge is -2.27. The van der Waals surface area contributed by atoms with Crippen LogP contribution in [0.1, 0.15) is 23.4 Å². The Hall–Kier alpha value is -2.51. The highest BCUT2D eigenvalue weighted by molar-refractivity contribution is 7.18. The molecule has 2 aromatic heterocycles. The van der Waals surface area contributed by atoms with E-state index in [1.54, 1.807) is 11.3 Å². The first kappa shape index (κ1) is 18.8. The van der Waals surface area contributed by atoms with Crippen LogP contribution in [0.3, 0.4) is 0 Å². The van der Waals surface area contributed by atoms with Crippen molar-refractivity contribution in [2.75, 3.05) is 31.2 Å². The van der Waals surface area contributed by atoms with Crippen LogP contribution in [0.5, 0.6) is 0 Å². The number of hydrogen-bond acceptors (Lipinski definition) is 6. The van der Waals surface area contributed by atoms with Crippen molar-refractivity contribution < 1.29 is 9.53 Å². The molecule has 7 heteroatoms. The van der Waals surface area contributed by atoms with Gasteiger partial charge >= 0.3 is 0 Å². The van der Waals surface area contributed by atoms with Gasteiger partial charge < -0.3 is 15.0 Å². The van der Waals surface area contributed by atoms with Gasteiger partial charge in [-0.25, -0.2) is 9.97 Å². The Morgan fingerprint density at radius 2 is 2.04 bits per heavy atom. The number of nitrogens with zero attached hydrogens (tertiary/aromatic N) is 3. The maximum atomic E-state index is 12.1. The Balaban J connectivity index is 1.19. The molecule has 1 aliphatic rings. The monoisotopic (exact) mass is 396 g/mol. The average Bonchev–Trinajstić information content (AvgIpc) is 3.16. The summed E-state index contributed by atoms with van der Waals surface area (Å²) in [5.41, 5.74) is 2.05. The molecule has 1 aliphatic heterocycles. The van der Waals surface area contributed by atoms with Crippen molar-refractivity contribution in [3.05, 3.63) is 53.2 Å². The number of amides is 1. The second-order valence-electron chi connectivity index (χ2n) is 6.83. The molecular weight excluding hydrogens is 372 g/mol. The first-order valence-corrected chi connectivity index (χ1v) is 10.5. The summed E-state index contributed by atoms with van der Waals surface area (Å²) in [6, 6.07) is 12.2. The third-order valence-corrected chi connectivity index (χ3v) is 5.86. The number of ether oxygens (including phenoxy) is 1. The number of carbonyl (C=O) groups excluding carboxylic acids is 1. The zero-order chi connectivity index (χ0) is 19.2. The van der Waals surface area contributed by atoms with Crippen LogP contribution in [-0.4, -0.2) is 42.2 Å². The molecule has 1 saturated heterocycles.